The maximum absolute atomic E-state index is 12.9. The second-order valence-electron chi connectivity index (χ2n) is 16.9. The predicted octanol–water partition coefficient (Wildman–Crippen LogP) is 13.9. The van der Waals surface area contributed by atoms with Crippen LogP contribution in [0.1, 0.15) is 206 Å². The number of ether oxygens (including phenoxy) is 3. The molecule has 2 fully saturated rings. The summed E-state index contributed by atoms with van der Waals surface area (Å²) in [5, 5.41) is 0. The van der Waals surface area contributed by atoms with Crippen LogP contribution in [-0.2, 0) is 14.2 Å². The Labute approximate surface area is 335 Å². The third-order valence-electron chi connectivity index (χ3n) is 11.4. The van der Waals surface area contributed by atoms with E-state index < -0.39 is 11.4 Å². The normalized spacial score (nSPS) is 20.6. The van der Waals surface area contributed by atoms with Gasteiger partial charge in [-0.05, 0) is 97.6 Å². The molecule has 2 saturated heterocycles. The Morgan fingerprint density at radius 1 is 0.648 bits per heavy atom. The maximum Gasteiger partial charge on any atom is 0.409 e. The first-order valence-electron chi connectivity index (χ1n) is 23.3. The number of amides is 1. The molecule has 54 heavy (non-hydrogen) atoms. The molecule has 2 unspecified atom stereocenters. The summed E-state index contributed by atoms with van der Waals surface area (Å²) in [4.78, 5) is 16.8. The van der Waals surface area contributed by atoms with Crippen molar-refractivity contribution < 1.29 is 19.0 Å². The fourth-order valence-corrected chi connectivity index (χ4v) is 7.97. The Kier molecular flexibility index (Phi) is 29.2. The molecule has 2 aliphatic heterocycles. The Morgan fingerprint density at radius 3 is 1.65 bits per heavy atom. The average molecular weight is 757 g/mol. The number of carbonyl (C=O) groups excluding carboxylic acids is 1. The molecule has 0 aromatic rings. The van der Waals surface area contributed by atoms with Crippen LogP contribution in [0.15, 0.2) is 36.5 Å². The smallest absolute Gasteiger partial charge is 0.409 e. The van der Waals surface area contributed by atoms with Crippen LogP contribution in [0.2, 0.25) is 0 Å². The predicted molar refractivity (Wildman–Crippen MR) is 231 cm³/mol. The molecule has 0 saturated carbocycles. The van der Waals surface area contributed by atoms with Gasteiger partial charge >= 0.3 is 6.09 Å². The Balaban J connectivity index is 1.71. The Hall–Kier alpha value is -1.63. The first-order chi connectivity index (χ1) is 26.4. The van der Waals surface area contributed by atoms with Crippen LogP contribution in [0.4, 0.5) is 4.79 Å². The number of rotatable bonds is 34. The highest BCUT2D eigenvalue weighted by Gasteiger charge is 2.52. The van der Waals surface area contributed by atoms with Gasteiger partial charge in [0.25, 0.3) is 0 Å². The van der Waals surface area contributed by atoms with E-state index in [1.807, 2.05) is 23.9 Å². The van der Waals surface area contributed by atoms with Crippen molar-refractivity contribution >= 4 is 6.09 Å². The van der Waals surface area contributed by atoms with E-state index in [0.29, 0.717) is 19.8 Å². The number of piperidine rings is 1. The van der Waals surface area contributed by atoms with E-state index in [0.717, 1.165) is 58.0 Å². The molecule has 2 heterocycles. The van der Waals surface area contributed by atoms with Crippen molar-refractivity contribution in [2.24, 2.45) is 0 Å². The van der Waals surface area contributed by atoms with Crippen LogP contribution < -0.4 is 0 Å². The number of carbonyl (C=O) groups is 1. The van der Waals surface area contributed by atoms with Crippen LogP contribution in [0.3, 0.4) is 0 Å². The standard InChI is InChI=1S/C48H88N2O4/c1-5-7-9-11-13-15-17-19-21-23-25-27-29-31-33-35-39-48(40-36-34-32-30-28-26-24-22-20-18-16-14-12-10-8-6-2)53-45-47(54-48)38-37-41-50(44-47)46(51)52-43-42-49(3)4/h13,15,19-22H,5-12,14,16-18,23-45H2,1-4H3. The lowest BCUT2D eigenvalue weighted by molar-refractivity contribution is -0.204. The van der Waals surface area contributed by atoms with Gasteiger partial charge in [-0.25, -0.2) is 4.79 Å². The zero-order valence-electron chi connectivity index (χ0n) is 36.2. The average Bonchev–Trinajstić information content (AvgIpc) is 3.50. The van der Waals surface area contributed by atoms with E-state index in [2.05, 4.69) is 50.3 Å². The molecule has 0 aromatic carbocycles. The minimum absolute atomic E-state index is 0.213. The van der Waals surface area contributed by atoms with Crippen LogP contribution in [0, 0.1) is 0 Å². The van der Waals surface area contributed by atoms with Crippen LogP contribution in [-0.4, -0.2) is 74.2 Å². The number of likely N-dealkylation sites (N-methyl/N-ethyl adjacent to an activating group) is 1. The van der Waals surface area contributed by atoms with Gasteiger partial charge in [0.15, 0.2) is 5.79 Å². The third-order valence-corrected chi connectivity index (χ3v) is 11.4. The highest BCUT2D eigenvalue weighted by Crippen LogP contribution is 2.43. The summed E-state index contributed by atoms with van der Waals surface area (Å²) in [5.41, 5.74) is -0.403. The van der Waals surface area contributed by atoms with Crippen molar-refractivity contribution in [2.75, 3.05) is 46.9 Å². The van der Waals surface area contributed by atoms with Crippen LogP contribution >= 0.6 is 0 Å². The summed E-state index contributed by atoms with van der Waals surface area (Å²) in [6, 6.07) is 0. The van der Waals surface area contributed by atoms with E-state index in [1.54, 1.807) is 0 Å². The molecule has 2 rings (SSSR count). The molecule has 2 aliphatic rings. The summed E-state index contributed by atoms with van der Waals surface area (Å²) in [6.45, 7) is 7.60. The maximum atomic E-state index is 12.9. The van der Waals surface area contributed by atoms with E-state index in [9.17, 15) is 4.79 Å². The summed E-state index contributed by atoms with van der Waals surface area (Å²) in [5.74, 6) is -0.506. The second kappa shape index (κ2) is 32.5. The van der Waals surface area contributed by atoms with E-state index in [-0.39, 0.29) is 6.09 Å². The number of hydrogen-bond donors (Lipinski definition) is 0. The van der Waals surface area contributed by atoms with Crippen LogP contribution in [0.25, 0.3) is 0 Å². The van der Waals surface area contributed by atoms with Gasteiger partial charge in [0.2, 0.25) is 0 Å². The first-order valence-corrected chi connectivity index (χ1v) is 23.3. The molecule has 0 N–H and O–H groups in total. The molecule has 0 bridgehead atoms. The van der Waals surface area contributed by atoms with E-state index in [4.69, 9.17) is 14.2 Å². The highest BCUT2D eigenvalue weighted by molar-refractivity contribution is 5.67. The van der Waals surface area contributed by atoms with Gasteiger partial charge in [-0.1, -0.05) is 147 Å². The van der Waals surface area contributed by atoms with Gasteiger partial charge in [-0.2, -0.15) is 0 Å². The number of hydrogen-bond acceptors (Lipinski definition) is 5. The third kappa shape index (κ3) is 24.1. The molecule has 6 nitrogen and oxygen atoms in total. The minimum Gasteiger partial charge on any atom is -0.448 e. The zero-order valence-corrected chi connectivity index (χ0v) is 36.2. The molecule has 0 radical (unpaired) electrons. The van der Waals surface area contributed by atoms with E-state index >= 15 is 0 Å². The largest absolute Gasteiger partial charge is 0.448 e. The van der Waals surface area contributed by atoms with Crippen molar-refractivity contribution in [3.63, 3.8) is 0 Å². The lowest BCUT2D eigenvalue weighted by atomic mass is 9.93. The minimum atomic E-state index is -0.506. The topological polar surface area (TPSA) is 51.2 Å². The fraction of sp³-hybridized carbons (Fsp3) is 0.854. The summed E-state index contributed by atoms with van der Waals surface area (Å²) >= 11 is 0. The quantitative estimate of drug-likeness (QED) is 0.0483. The number of likely N-dealkylation sites (tertiary alicyclic amines) is 1. The lowest BCUT2D eigenvalue weighted by Crippen LogP contribution is -2.53. The van der Waals surface area contributed by atoms with Crippen molar-refractivity contribution in [3.8, 4) is 0 Å². The summed E-state index contributed by atoms with van der Waals surface area (Å²) < 4.78 is 19.4. The monoisotopic (exact) mass is 757 g/mol. The molecular weight excluding hydrogens is 669 g/mol. The molecule has 0 aromatic heterocycles. The van der Waals surface area contributed by atoms with Gasteiger partial charge in [0.05, 0.1) is 13.2 Å². The van der Waals surface area contributed by atoms with Crippen molar-refractivity contribution in [3.05, 3.63) is 36.5 Å². The van der Waals surface area contributed by atoms with Crippen molar-refractivity contribution in [2.45, 2.75) is 218 Å². The summed E-state index contributed by atoms with van der Waals surface area (Å²) in [7, 11) is 4.00. The zero-order chi connectivity index (χ0) is 38.8. The van der Waals surface area contributed by atoms with Crippen molar-refractivity contribution in [1.82, 2.24) is 9.80 Å². The molecule has 6 heteroatoms. The molecule has 2 atom stereocenters. The SMILES string of the molecule is CCCCCC=CCC=CCCCCCCCCC1(CCCCCCCCC=CCCCCCCCC)OCC2(CCCN(C(=O)OCCN(C)C)C2)O1. The highest BCUT2D eigenvalue weighted by atomic mass is 16.8. The molecule has 1 spiro atoms. The summed E-state index contributed by atoms with van der Waals surface area (Å²) in [6.07, 6.45) is 51.3. The number of allylic oxidation sites excluding steroid dienone is 6. The first kappa shape index (κ1) is 48.5. The Bertz CT molecular complexity index is 980. The fourth-order valence-electron chi connectivity index (χ4n) is 7.97. The van der Waals surface area contributed by atoms with Gasteiger partial charge in [-0.15, -0.1) is 0 Å². The number of nitrogens with zero attached hydrogens (tertiary/aromatic N) is 2. The van der Waals surface area contributed by atoms with Gasteiger partial charge in [0.1, 0.15) is 12.2 Å². The lowest BCUT2D eigenvalue weighted by Gasteiger charge is -2.40. The van der Waals surface area contributed by atoms with Crippen molar-refractivity contribution in [1.29, 1.82) is 0 Å². The van der Waals surface area contributed by atoms with Gasteiger partial charge in [0, 0.05) is 25.9 Å². The second-order valence-corrected chi connectivity index (χ2v) is 16.9. The molecule has 314 valence electrons. The molecular formula is C48H88N2O4. The molecule has 1 amide bonds. The van der Waals surface area contributed by atoms with Gasteiger partial charge in [-0.3, -0.25) is 0 Å². The van der Waals surface area contributed by atoms with Crippen LogP contribution in [0.5, 0.6) is 0 Å². The number of unbranched alkanes of at least 4 members (excludes halogenated alkanes) is 21. The van der Waals surface area contributed by atoms with E-state index in [1.165, 1.54) is 148 Å². The van der Waals surface area contributed by atoms with Gasteiger partial charge < -0.3 is 24.0 Å². The molecule has 0 aliphatic carbocycles. The Morgan fingerprint density at radius 2 is 1.11 bits per heavy atom.